The molecule has 1 heterocycles. The highest BCUT2D eigenvalue weighted by atomic mass is 32.2. The van der Waals surface area contributed by atoms with E-state index in [1.54, 1.807) is 19.9 Å². The zero-order valence-corrected chi connectivity index (χ0v) is 14.7. The van der Waals surface area contributed by atoms with Crippen LogP contribution in [0.1, 0.15) is 18.3 Å². The third kappa shape index (κ3) is 4.94. The fourth-order valence-electron chi connectivity index (χ4n) is 2.02. The summed E-state index contributed by atoms with van der Waals surface area (Å²) >= 11 is 0. The minimum absolute atomic E-state index is 0.176. The number of sulfonamides is 1. The molecule has 0 aliphatic heterocycles. The van der Waals surface area contributed by atoms with E-state index in [0.29, 0.717) is 11.4 Å². The summed E-state index contributed by atoms with van der Waals surface area (Å²) in [5.41, 5.74) is 6.23. The Hall–Kier alpha value is -2.59. The van der Waals surface area contributed by atoms with Crippen molar-refractivity contribution in [3.05, 3.63) is 47.5 Å². The number of rotatable bonds is 6. The third-order valence-corrected chi connectivity index (χ3v) is 4.71. The van der Waals surface area contributed by atoms with E-state index in [0.717, 1.165) is 12.1 Å². The van der Waals surface area contributed by atoms with Gasteiger partial charge < -0.3 is 0 Å². The maximum atomic E-state index is 13.6. The monoisotopic (exact) mass is 367 g/mol. The molecule has 0 radical (unpaired) electrons. The van der Waals surface area contributed by atoms with Crippen LogP contribution >= 0.6 is 0 Å². The Bertz CT molecular complexity index is 868. The summed E-state index contributed by atoms with van der Waals surface area (Å²) in [4.78, 5) is 19.7. The van der Waals surface area contributed by atoms with Crippen LogP contribution in [0, 0.1) is 19.7 Å². The molecule has 1 unspecified atom stereocenters. The van der Waals surface area contributed by atoms with Crippen LogP contribution in [0.4, 0.5) is 10.3 Å². The number of carbonyl (C=O) groups excluding carboxylic acids is 1. The van der Waals surface area contributed by atoms with Gasteiger partial charge in [0, 0.05) is 11.4 Å². The fourth-order valence-corrected chi connectivity index (χ4v) is 3.30. The maximum Gasteiger partial charge on any atom is 0.256 e. The van der Waals surface area contributed by atoms with Gasteiger partial charge in [0.15, 0.2) is 0 Å². The SMILES string of the molecule is Cc1cc(C)nc(NNC(=O)C(C)NS(=O)(=O)c2ccccc2F)n1. The third-order valence-electron chi connectivity index (χ3n) is 3.13. The minimum atomic E-state index is -4.18. The molecular weight excluding hydrogens is 349 g/mol. The normalized spacial score (nSPS) is 12.5. The molecule has 0 aliphatic rings. The van der Waals surface area contributed by atoms with Crippen molar-refractivity contribution in [2.75, 3.05) is 5.43 Å². The van der Waals surface area contributed by atoms with E-state index in [1.165, 1.54) is 19.1 Å². The number of halogens is 1. The Morgan fingerprint density at radius 1 is 1.16 bits per heavy atom. The first-order valence-corrected chi connectivity index (χ1v) is 8.82. The summed E-state index contributed by atoms with van der Waals surface area (Å²) in [5.74, 6) is -1.40. The van der Waals surface area contributed by atoms with Gasteiger partial charge in [0.05, 0.1) is 6.04 Å². The summed E-state index contributed by atoms with van der Waals surface area (Å²) in [7, 11) is -4.18. The zero-order valence-electron chi connectivity index (χ0n) is 13.9. The summed E-state index contributed by atoms with van der Waals surface area (Å²) in [5, 5.41) is 0. The number of nitrogens with zero attached hydrogens (tertiary/aromatic N) is 2. The number of hydrazine groups is 1. The lowest BCUT2D eigenvalue weighted by molar-refractivity contribution is -0.121. The molecule has 3 N–H and O–H groups in total. The van der Waals surface area contributed by atoms with Crippen LogP contribution in [0.2, 0.25) is 0 Å². The molecule has 1 aromatic carbocycles. The number of aromatic nitrogens is 2. The Morgan fingerprint density at radius 2 is 1.76 bits per heavy atom. The molecule has 0 aliphatic carbocycles. The second kappa shape index (κ2) is 7.53. The van der Waals surface area contributed by atoms with E-state index in [2.05, 4.69) is 25.5 Å². The van der Waals surface area contributed by atoms with E-state index in [9.17, 15) is 17.6 Å². The van der Waals surface area contributed by atoms with Crippen molar-refractivity contribution in [2.45, 2.75) is 31.7 Å². The molecular formula is C15H18FN5O3S. The summed E-state index contributed by atoms with van der Waals surface area (Å²) < 4.78 is 40.1. The highest BCUT2D eigenvalue weighted by molar-refractivity contribution is 7.89. The molecule has 8 nitrogen and oxygen atoms in total. The number of benzene rings is 1. The molecule has 2 rings (SSSR count). The first-order chi connectivity index (χ1) is 11.7. The molecule has 134 valence electrons. The molecule has 0 spiro atoms. The van der Waals surface area contributed by atoms with Gasteiger partial charge in [-0.2, -0.15) is 4.72 Å². The maximum absolute atomic E-state index is 13.6. The average molecular weight is 367 g/mol. The minimum Gasteiger partial charge on any atom is -0.271 e. The molecule has 1 amide bonds. The van der Waals surface area contributed by atoms with Gasteiger partial charge in [0.1, 0.15) is 10.7 Å². The lowest BCUT2D eigenvalue weighted by Crippen LogP contribution is -2.46. The predicted molar refractivity (Wildman–Crippen MR) is 89.5 cm³/mol. The average Bonchev–Trinajstić information content (AvgIpc) is 2.51. The molecule has 0 saturated heterocycles. The van der Waals surface area contributed by atoms with Crippen LogP contribution in [0.3, 0.4) is 0 Å². The Balaban J connectivity index is 2.01. The largest absolute Gasteiger partial charge is 0.271 e. The number of anilines is 1. The first kappa shape index (κ1) is 18.7. The van der Waals surface area contributed by atoms with Crippen molar-refractivity contribution in [2.24, 2.45) is 0 Å². The molecule has 2 aromatic rings. The van der Waals surface area contributed by atoms with Gasteiger partial charge in [-0.25, -0.2) is 22.8 Å². The zero-order chi connectivity index (χ0) is 18.6. The van der Waals surface area contributed by atoms with E-state index >= 15 is 0 Å². The number of hydrogen-bond donors (Lipinski definition) is 3. The number of amides is 1. The van der Waals surface area contributed by atoms with Gasteiger partial charge in [-0.3, -0.25) is 15.6 Å². The summed E-state index contributed by atoms with van der Waals surface area (Å²) in [6.45, 7) is 4.87. The highest BCUT2D eigenvalue weighted by Crippen LogP contribution is 2.13. The van der Waals surface area contributed by atoms with E-state index in [1.807, 2.05) is 0 Å². The van der Waals surface area contributed by atoms with Gasteiger partial charge in [0.25, 0.3) is 5.91 Å². The van der Waals surface area contributed by atoms with Crippen molar-refractivity contribution in [1.82, 2.24) is 20.1 Å². The van der Waals surface area contributed by atoms with Crippen molar-refractivity contribution in [1.29, 1.82) is 0 Å². The van der Waals surface area contributed by atoms with Crippen molar-refractivity contribution in [3.63, 3.8) is 0 Å². The second-order valence-corrected chi connectivity index (χ2v) is 7.04. The van der Waals surface area contributed by atoms with Crippen molar-refractivity contribution >= 4 is 21.9 Å². The molecule has 10 heteroatoms. The molecule has 0 bridgehead atoms. The van der Waals surface area contributed by atoms with E-state index < -0.39 is 32.7 Å². The Morgan fingerprint density at radius 3 is 2.36 bits per heavy atom. The molecule has 0 fully saturated rings. The Labute approximate surface area is 144 Å². The van der Waals surface area contributed by atoms with Gasteiger partial charge in [0.2, 0.25) is 16.0 Å². The van der Waals surface area contributed by atoms with Gasteiger partial charge in [-0.05, 0) is 39.0 Å². The molecule has 1 aromatic heterocycles. The molecule has 1 atom stereocenters. The first-order valence-electron chi connectivity index (χ1n) is 7.34. The molecule has 0 saturated carbocycles. The summed E-state index contributed by atoms with van der Waals surface area (Å²) in [6.07, 6.45) is 0. The summed E-state index contributed by atoms with van der Waals surface area (Å²) in [6, 6.07) is 5.52. The lowest BCUT2D eigenvalue weighted by Gasteiger charge is -2.15. The van der Waals surface area contributed by atoms with Gasteiger partial charge in [-0.1, -0.05) is 12.1 Å². The van der Waals surface area contributed by atoms with Crippen LogP contribution in [0.15, 0.2) is 35.2 Å². The van der Waals surface area contributed by atoms with Crippen LogP contribution < -0.4 is 15.6 Å². The number of aryl methyl sites for hydroxylation is 2. The van der Waals surface area contributed by atoms with Crippen LogP contribution in [0.25, 0.3) is 0 Å². The number of nitrogens with one attached hydrogen (secondary N) is 3. The van der Waals surface area contributed by atoms with Crippen LogP contribution in [0.5, 0.6) is 0 Å². The standard InChI is InChI=1S/C15H18FN5O3S/c1-9-8-10(2)18-15(17-9)20-19-14(22)11(3)21-25(23,24)13-7-5-4-6-12(13)16/h4-8,11,21H,1-3H3,(H,19,22)(H,17,18,20). The van der Waals surface area contributed by atoms with Crippen molar-refractivity contribution in [3.8, 4) is 0 Å². The predicted octanol–water partition coefficient (Wildman–Crippen LogP) is 1.04. The van der Waals surface area contributed by atoms with Gasteiger partial charge in [-0.15, -0.1) is 0 Å². The second-order valence-electron chi connectivity index (χ2n) is 5.36. The smallest absolute Gasteiger partial charge is 0.256 e. The van der Waals surface area contributed by atoms with E-state index in [-0.39, 0.29) is 5.95 Å². The number of hydrogen-bond acceptors (Lipinski definition) is 6. The van der Waals surface area contributed by atoms with Gasteiger partial charge >= 0.3 is 0 Å². The topological polar surface area (TPSA) is 113 Å². The lowest BCUT2D eigenvalue weighted by atomic mass is 10.3. The van der Waals surface area contributed by atoms with E-state index in [4.69, 9.17) is 0 Å². The fraction of sp³-hybridized carbons (Fsp3) is 0.267. The highest BCUT2D eigenvalue weighted by Gasteiger charge is 2.24. The van der Waals surface area contributed by atoms with Crippen LogP contribution in [-0.4, -0.2) is 30.3 Å². The molecule has 25 heavy (non-hydrogen) atoms. The number of carbonyl (C=O) groups is 1. The van der Waals surface area contributed by atoms with Crippen molar-refractivity contribution < 1.29 is 17.6 Å². The van der Waals surface area contributed by atoms with Crippen LogP contribution in [-0.2, 0) is 14.8 Å². The quantitative estimate of drug-likeness (QED) is 0.658. The Kier molecular flexibility index (Phi) is 5.65.